The summed E-state index contributed by atoms with van der Waals surface area (Å²) in [4.78, 5) is 0. The molecule has 7 heteroatoms. The van der Waals surface area contributed by atoms with Crippen LogP contribution in [0.15, 0.2) is 22.7 Å². The van der Waals surface area contributed by atoms with Gasteiger partial charge in [-0.15, -0.1) is 0 Å². The van der Waals surface area contributed by atoms with Gasteiger partial charge in [0.1, 0.15) is 5.75 Å². The second kappa shape index (κ2) is 6.22. The smallest absolute Gasteiger partial charge is 0.209 e. The van der Waals surface area contributed by atoms with Gasteiger partial charge in [-0.1, -0.05) is 40.4 Å². The molecule has 4 nitrogen and oxygen atoms in total. The summed E-state index contributed by atoms with van der Waals surface area (Å²) in [7, 11) is -3.51. The Morgan fingerprint density at radius 2 is 2.00 bits per heavy atom. The van der Waals surface area contributed by atoms with E-state index in [1.54, 1.807) is 12.1 Å². The third kappa shape index (κ3) is 4.35. The highest BCUT2D eigenvalue weighted by molar-refractivity contribution is 9.10. The lowest BCUT2D eigenvalue weighted by atomic mass is 9.90. The number of hydrogen-bond acceptors (Lipinski definition) is 3. The van der Waals surface area contributed by atoms with Crippen LogP contribution in [0.1, 0.15) is 25.7 Å². The summed E-state index contributed by atoms with van der Waals surface area (Å²) in [6.07, 6.45) is 3.65. The van der Waals surface area contributed by atoms with Crippen LogP contribution in [0.2, 0.25) is 5.02 Å². The SMILES string of the molecule is NS(=O)(=O)CC1(COc2ccc(Br)cc2Cl)CCCC1. The molecule has 1 aliphatic carbocycles. The van der Waals surface area contributed by atoms with Crippen molar-refractivity contribution in [3.05, 3.63) is 27.7 Å². The van der Waals surface area contributed by atoms with Crippen LogP contribution >= 0.6 is 27.5 Å². The number of primary sulfonamides is 1. The molecule has 2 N–H and O–H groups in total. The molecule has 0 atom stereocenters. The zero-order chi connectivity index (χ0) is 14.8. The van der Waals surface area contributed by atoms with Gasteiger partial charge >= 0.3 is 0 Å². The van der Waals surface area contributed by atoms with Gasteiger partial charge in [0.2, 0.25) is 10.0 Å². The first-order valence-corrected chi connectivity index (χ1v) is 9.27. The maximum atomic E-state index is 11.4. The zero-order valence-corrected chi connectivity index (χ0v) is 14.1. The summed E-state index contributed by atoms with van der Waals surface area (Å²) in [5.74, 6) is 0.532. The minimum Gasteiger partial charge on any atom is -0.491 e. The summed E-state index contributed by atoms with van der Waals surface area (Å²) >= 11 is 9.42. The van der Waals surface area contributed by atoms with Crippen molar-refractivity contribution in [1.29, 1.82) is 0 Å². The van der Waals surface area contributed by atoms with Crippen LogP contribution in [0.4, 0.5) is 0 Å². The van der Waals surface area contributed by atoms with E-state index in [4.69, 9.17) is 21.5 Å². The van der Waals surface area contributed by atoms with Gasteiger partial charge in [0.25, 0.3) is 0 Å². The van der Waals surface area contributed by atoms with Crippen molar-refractivity contribution in [2.75, 3.05) is 12.4 Å². The molecule has 0 bridgehead atoms. The van der Waals surface area contributed by atoms with E-state index in [1.807, 2.05) is 6.07 Å². The second-order valence-electron chi connectivity index (χ2n) is 5.38. The lowest BCUT2D eigenvalue weighted by molar-refractivity contribution is 0.170. The van der Waals surface area contributed by atoms with E-state index < -0.39 is 10.0 Å². The van der Waals surface area contributed by atoms with Crippen LogP contribution in [0.25, 0.3) is 0 Å². The van der Waals surface area contributed by atoms with E-state index >= 15 is 0 Å². The first-order valence-electron chi connectivity index (χ1n) is 6.38. The predicted molar refractivity (Wildman–Crippen MR) is 83.5 cm³/mol. The van der Waals surface area contributed by atoms with Crippen LogP contribution in [-0.2, 0) is 10.0 Å². The number of nitrogens with two attached hydrogens (primary N) is 1. The van der Waals surface area contributed by atoms with Crippen molar-refractivity contribution in [3.8, 4) is 5.75 Å². The Morgan fingerprint density at radius 1 is 1.35 bits per heavy atom. The Hall–Kier alpha value is -0.300. The summed E-state index contributed by atoms with van der Waals surface area (Å²) in [6, 6.07) is 5.35. The van der Waals surface area contributed by atoms with Gasteiger partial charge in [-0.25, -0.2) is 13.6 Å². The van der Waals surface area contributed by atoms with Crippen molar-refractivity contribution in [3.63, 3.8) is 0 Å². The Kier molecular flexibility index (Phi) is 5.00. The van der Waals surface area contributed by atoms with E-state index in [0.717, 1.165) is 30.2 Å². The third-order valence-corrected chi connectivity index (χ3v) is 5.40. The highest BCUT2D eigenvalue weighted by Gasteiger charge is 2.38. The number of benzene rings is 1. The number of halogens is 2. The number of sulfonamides is 1. The molecule has 1 aromatic rings. The van der Waals surface area contributed by atoms with E-state index in [9.17, 15) is 8.42 Å². The van der Waals surface area contributed by atoms with Crippen molar-refractivity contribution in [2.24, 2.45) is 10.6 Å². The van der Waals surface area contributed by atoms with Crippen molar-refractivity contribution in [1.82, 2.24) is 0 Å². The molecule has 0 amide bonds. The van der Waals surface area contributed by atoms with Gasteiger partial charge in [0, 0.05) is 9.89 Å². The highest BCUT2D eigenvalue weighted by atomic mass is 79.9. The normalized spacial score (nSPS) is 18.1. The number of ether oxygens (including phenoxy) is 1. The quantitative estimate of drug-likeness (QED) is 0.849. The minimum atomic E-state index is -3.51. The molecule has 112 valence electrons. The van der Waals surface area contributed by atoms with Crippen molar-refractivity contribution < 1.29 is 13.2 Å². The highest BCUT2D eigenvalue weighted by Crippen LogP contribution is 2.40. The monoisotopic (exact) mass is 381 g/mol. The van der Waals surface area contributed by atoms with Gasteiger partial charge in [-0.3, -0.25) is 0 Å². The fraction of sp³-hybridized carbons (Fsp3) is 0.538. The van der Waals surface area contributed by atoms with Crippen LogP contribution in [0, 0.1) is 5.41 Å². The zero-order valence-electron chi connectivity index (χ0n) is 10.9. The molecule has 0 heterocycles. The topological polar surface area (TPSA) is 69.4 Å². The molecule has 0 aromatic heterocycles. The maximum Gasteiger partial charge on any atom is 0.209 e. The summed E-state index contributed by atoms with van der Waals surface area (Å²) in [5.41, 5.74) is -0.385. The fourth-order valence-corrected chi connectivity index (χ4v) is 4.66. The average molecular weight is 383 g/mol. The van der Waals surface area contributed by atoms with Crippen LogP contribution < -0.4 is 9.88 Å². The molecule has 2 rings (SSSR count). The largest absolute Gasteiger partial charge is 0.491 e. The standard InChI is InChI=1S/C13H17BrClNO3S/c14-10-3-4-12(11(15)7-10)19-8-13(5-1-2-6-13)9-20(16,17)18/h3-4,7H,1-2,5-6,8-9H2,(H2,16,17,18). The maximum absolute atomic E-state index is 11.4. The van der Waals surface area contributed by atoms with Crippen LogP contribution in [0.5, 0.6) is 5.75 Å². The number of rotatable bonds is 5. The Morgan fingerprint density at radius 3 is 2.55 bits per heavy atom. The van der Waals surface area contributed by atoms with Gasteiger partial charge in [0.15, 0.2) is 0 Å². The lowest BCUT2D eigenvalue weighted by Crippen LogP contribution is -2.36. The molecule has 0 aliphatic heterocycles. The van der Waals surface area contributed by atoms with E-state index in [0.29, 0.717) is 17.4 Å². The molecule has 1 saturated carbocycles. The summed E-state index contributed by atoms with van der Waals surface area (Å²) < 4.78 is 29.4. The molecule has 0 spiro atoms. The molecule has 20 heavy (non-hydrogen) atoms. The molecule has 0 saturated heterocycles. The van der Waals surface area contributed by atoms with E-state index in [2.05, 4.69) is 15.9 Å². The molecule has 1 aromatic carbocycles. The van der Waals surface area contributed by atoms with E-state index in [1.165, 1.54) is 0 Å². The third-order valence-electron chi connectivity index (χ3n) is 3.60. The van der Waals surface area contributed by atoms with Crippen LogP contribution in [0.3, 0.4) is 0 Å². The first kappa shape index (κ1) is 16.1. The molecule has 0 radical (unpaired) electrons. The molecule has 1 fully saturated rings. The molecule has 0 unspecified atom stereocenters. The van der Waals surface area contributed by atoms with Gasteiger partial charge < -0.3 is 4.74 Å². The van der Waals surface area contributed by atoms with Crippen LogP contribution in [-0.4, -0.2) is 20.8 Å². The Balaban J connectivity index is 2.09. The fourth-order valence-electron chi connectivity index (χ4n) is 2.71. The van der Waals surface area contributed by atoms with Crippen molar-refractivity contribution >= 4 is 37.6 Å². The lowest BCUT2D eigenvalue weighted by Gasteiger charge is -2.27. The van der Waals surface area contributed by atoms with Gasteiger partial charge in [-0.2, -0.15) is 0 Å². The molecule has 1 aliphatic rings. The number of hydrogen-bond donors (Lipinski definition) is 1. The minimum absolute atomic E-state index is 0.0336. The predicted octanol–water partition coefficient (Wildman–Crippen LogP) is 3.33. The van der Waals surface area contributed by atoms with E-state index in [-0.39, 0.29) is 11.2 Å². The summed E-state index contributed by atoms with van der Waals surface area (Å²) in [6.45, 7) is 0.324. The second-order valence-corrected chi connectivity index (χ2v) is 8.31. The summed E-state index contributed by atoms with van der Waals surface area (Å²) in [5, 5.41) is 5.71. The van der Waals surface area contributed by atoms with Gasteiger partial charge in [-0.05, 0) is 31.0 Å². The molecular formula is C13H17BrClNO3S. The molecular weight excluding hydrogens is 366 g/mol. The van der Waals surface area contributed by atoms with Gasteiger partial charge in [0.05, 0.1) is 17.4 Å². The Bertz CT molecular complexity index is 585. The first-order chi connectivity index (χ1) is 9.30. The average Bonchev–Trinajstić information content (AvgIpc) is 2.74. The Labute approximate surface area is 132 Å². The van der Waals surface area contributed by atoms with Crippen molar-refractivity contribution in [2.45, 2.75) is 25.7 Å².